The van der Waals surface area contributed by atoms with Crippen molar-refractivity contribution in [2.24, 2.45) is 0 Å². The zero-order valence-corrected chi connectivity index (χ0v) is 7.26. The zero-order chi connectivity index (χ0) is 8.81. The molecule has 0 bridgehead atoms. The highest BCUT2D eigenvalue weighted by Crippen LogP contribution is 2.10. The quantitative estimate of drug-likeness (QED) is 0.421. The Morgan fingerprint density at radius 1 is 1.67 bits per heavy atom. The molecule has 0 spiro atoms. The third-order valence-electron chi connectivity index (χ3n) is 1.38. The highest BCUT2D eigenvalue weighted by Gasteiger charge is 2.04. The monoisotopic (exact) mass is 183 g/mol. The van der Waals surface area contributed by atoms with Crippen LogP contribution in [0.3, 0.4) is 0 Å². The van der Waals surface area contributed by atoms with Crippen LogP contribution in [0.5, 0.6) is 0 Å². The van der Waals surface area contributed by atoms with Crippen molar-refractivity contribution in [2.45, 2.75) is 6.42 Å². The minimum absolute atomic E-state index is 0.0827. The minimum Gasteiger partial charge on any atom is -0.358 e. The number of amides is 1. The summed E-state index contributed by atoms with van der Waals surface area (Å²) >= 11 is 1.42. The van der Waals surface area contributed by atoms with E-state index in [1.807, 2.05) is 11.4 Å². The first kappa shape index (κ1) is 8.93. The highest BCUT2D eigenvalue weighted by atomic mass is 32.1. The standard InChI is InChI=1S/C8H9NO2S/c10-6-9-4-3-7(11)8-2-1-5-12-8/h1-2,5-6H,3-4H2,(H,9,10). The molecule has 1 aromatic heterocycles. The average molecular weight is 183 g/mol. The molecule has 0 radical (unpaired) electrons. The van der Waals surface area contributed by atoms with E-state index < -0.39 is 0 Å². The smallest absolute Gasteiger partial charge is 0.207 e. The molecule has 1 N–H and O–H groups in total. The fraction of sp³-hybridized carbons (Fsp3) is 0.250. The minimum atomic E-state index is 0.0827. The molecule has 1 rings (SSSR count). The van der Waals surface area contributed by atoms with Crippen LogP contribution in [0.1, 0.15) is 16.1 Å². The largest absolute Gasteiger partial charge is 0.358 e. The van der Waals surface area contributed by atoms with Gasteiger partial charge in [-0.05, 0) is 11.4 Å². The van der Waals surface area contributed by atoms with Gasteiger partial charge in [-0.2, -0.15) is 0 Å². The molecular weight excluding hydrogens is 174 g/mol. The maximum absolute atomic E-state index is 11.2. The fourth-order valence-electron chi connectivity index (χ4n) is 0.805. The summed E-state index contributed by atoms with van der Waals surface area (Å²) in [5.74, 6) is 0.0827. The zero-order valence-electron chi connectivity index (χ0n) is 6.45. The predicted octanol–water partition coefficient (Wildman–Crippen LogP) is 1.07. The summed E-state index contributed by atoms with van der Waals surface area (Å²) in [6.07, 6.45) is 0.973. The SMILES string of the molecule is O=CNCCC(=O)c1cccs1. The van der Waals surface area contributed by atoms with Crippen molar-refractivity contribution in [3.05, 3.63) is 22.4 Å². The van der Waals surface area contributed by atoms with Crippen LogP contribution in [-0.2, 0) is 4.79 Å². The maximum Gasteiger partial charge on any atom is 0.207 e. The van der Waals surface area contributed by atoms with Gasteiger partial charge >= 0.3 is 0 Å². The fourth-order valence-corrected chi connectivity index (χ4v) is 1.50. The Morgan fingerprint density at radius 3 is 3.08 bits per heavy atom. The number of carbonyl (C=O) groups excluding carboxylic acids is 2. The number of hydrogen-bond donors (Lipinski definition) is 1. The Balaban J connectivity index is 2.34. The van der Waals surface area contributed by atoms with Crippen LogP contribution in [0, 0.1) is 0 Å². The van der Waals surface area contributed by atoms with Crippen LogP contribution in [0.4, 0.5) is 0 Å². The van der Waals surface area contributed by atoms with Gasteiger partial charge < -0.3 is 5.32 Å². The van der Waals surface area contributed by atoms with Crippen LogP contribution >= 0.6 is 11.3 Å². The molecule has 0 aliphatic heterocycles. The molecule has 4 heteroatoms. The van der Waals surface area contributed by atoms with E-state index in [9.17, 15) is 9.59 Å². The molecule has 1 aromatic rings. The van der Waals surface area contributed by atoms with Crippen molar-refractivity contribution in [3.63, 3.8) is 0 Å². The van der Waals surface area contributed by atoms with E-state index in [1.165, 1.54) is 11.3 Å². The summed E-state index contributed by atoms with van der Waals surface area (Å²) in [7, 11) is 0. The number of nitrogens with one attached hydrogen (secondary N) is 1. The maximum atomic E-state index is 11.2. The van der Waals surface area contributed by atoms with Crippen LogP contribution < -0.4 is 5.32 Å². The van der Waals surface area contributed by atoms with Gasteiger partial charge in [-0.3, -0.25) is 9.59 Å². The van der Waals surface area contributed by atoms with E-state index in [4.69, 9.17) is 0 Å². The Labute approximate surface area is 74.4 Å². The number of hydrogen-bond acceptors (Lipinski definition) is 3. The second-order valence-electron chi connectivity index (χ2n) is 2.22. The molecule has 0 aromatic carbocycles. The van der Waals surface area contributed by atoms with Crippen LogP contribution in [0.2, 0.25) is 0 Å². The molecule has 64 valence electrons. The first-order chi connectivity index (χ1) is 5.84. The molecule has 1 heterocycles. The highest BCUT2D eigenvalue weighted by molar-refractivity contribution is 7.12. The van der Waals surface area contributed by atoms with Gasteiger partial charge in [0.2, 0.25) is 6.41 Å². The second-order valence-corrected chi connectivity index (χ2v) is 3.17. The van der Waals surface area contributed by atoms with Crippen LogP contribution in [-0.4, -0.2) is 18.7 Å². The van der Waals surface area contributed by atoms with Crippen molar-refractivity contribution < 1.29 is 9.59 Å². The first-order valence-electron chi connectivity index (χ1n) is 3.58. The Morgan fingerprint density at radius 2 is 2.50 bits per heavy atom. The second kappa shape index (κ2) is 4.66. The van der Waals surface area contributed by atoms with Gasteiger partial charge in [-0.15, -0.1) is 11.3 Å². The van der Waals surface area contributed by atoms with E-state index in [-0.39, 0.29) is 5.78 Å². The molecule has 12 heavy (non-hydrogen) atoms. The summed E-state index contributed by atoms with van der Waals surface area (Å²) in [5, 5.41) is 4.31. The molecule has 0 saturated carbocycles. The lowest BCUT2D eigenvalue weighted by molar-refractivity contribution is -0.109. The van der Waals surface area contributed by atoms with Crippen LogP contribution in [0.15, 0.2) is 17.5 Å². The van der Waals surface area contributed by atoms with E-state index in [0.29, 0.717) is 19.4 Å². The van der Waals surface area contributed by atoms with Gasteiger partial charge in [0.15, 0.2) is 5.78 Å². The molecule has 3 nitrogen and oxygen atoms in total. The van der Waals surface area contributed by atoms with Gasteiger partial charge in [-0.25, -0.2) is 0 Å². The number of Topliss-reactive ketones (excluding diaryl/α,β-unsaturated/α-hetero) is 1. The number of ketones is 1. The third kappa shape index (κ3) is 2.47. The number of thiophene rings is 1. The normalized spacial score (nSPS) is 9.33. The molecule has 0 atom stereocenters. The summed E-state index contributed by atoms with van der Waals surface area (Å²) in [6, 6.07) is 3.62. The predicted molar refractivity (Wildman–Crippen MR) is 47.3 cm³/mol. The van der Waals surface area contributed by atoms with E-state index in [1.54, 1.807) is 6.07 Å². The first-order valence-corrected chi connectivity index (χ1v) is 4.46. The Kier molecular flexibility index (Phi) is 3.47. The molecule has 0 aliphatic rings. The van der Waals surface area contributed by atoms with E-state index >= 15 is 0 Å². The van der Waals surface area contributed by atoms with E-state index in [0.717, 1.165) is 4.88 Å². The Bertz CT molecular complexity index is 256. The van der Waals surface area contributed by atoms with Crippen molar-refractivity contribution in [1.29, 1.82) is 0 Å². The summed E-state index contributed by atoms with van der Waals surface area (Å²) in [4.78, 5) is 21.8. The van der Waals surface area contributed by atoms with Crippen molar-refractivity contribution in [3.8, 4) is 0 Å². The van der Waals surface area contributed by atoms with Crippen LogP contribution in [0.25, 0.3) is 0 Å². The topological polar surface area (TPSA) is 46.2 Å². The molecule has 0 unspecified atom stereocenters. The lowest BCUT2D eigenvalue weighted by Gasteiger charge is -1.95. The van der Waals surface area contributed by atoms with Gasteiger partial charge in [0, 0.05) is 13.0 Å². The average Bonchev–Trinajstić information content (AvgIpc) is 2.56. The summed E-state index contributed by atoms with van der Waals surface area (Å²) in [6.45, 7) is 0.417. The summed E-state index contributed by atoms with van der Waals surface area (Å²) < 4.78 is 0. The molecule has 0 fully saturated rings. The molecular formula is C8H9NO2S. The Hall–Kier alpha value is -1.16. The van der Waals surface area contributed by atoms with Crippen molar-refractivity contribution in [1.82, 2.24) is 5.32 Å². The van der Waals surface area contributed by atoms with Gasteiger partial charge in [-0.1, -0.05) is 6.07 Å². The molecule has 0 saturated heterocycles. The van der Waals surface area contributed by atoms with Crippen molar-refractivity contribution in [2.75, 3.05) is 6.54 Å². The van der Waals surface area contributed by atoms with Gasteiger partial charge in [0.1, 0.15) is 0 Å². The third-order valence-corrected chi connectivity index (χ3v) is 2.29. The summed E-state index contributed by atoms with van der Waals surface area (Å²) in [5.41, 5.74) is 0. The molecule has 0 aliphatic carbocycles. The van der Waals surface area contributed by atoms with Gasteiger partial charge in [0.25, 0.3) is 0 Å². The number of carbonyl (C=O) groups is 2. The van der Waals surface area contributed by atoms with E-state index in [2.05, 4.69) is 5.32 Å². The number of rotatable bonds is 5. The van der Waals surface area contributed by atoms with Crippen molar-refractivity contribution >= 4 is 23.5 Å². The van der Waals surface area contributed by atoms with Gasteiger partial charge in [0.05, 0.1) is 4.88 Å². The lowest BCUT2D eigenvalue weighted by atomic mass is 10.2. The molecule has 1 amide bonds. The lowest BCUT2D eigenvalue weighted by Crippen LogP contribution is -2.15.